The summed E-state index contributed by atoms with van der Waals surface area (Å²) in [5.74, 6) is -1.72. The lowest BCUT2D eigenvalue weighted by Crippen LogP contribution is -2.19. The van der Waals surface area contributed by atoms with Gasteiger partial charge in [0.2, 0.25) is 11.9 Å². The lowest BCUT2D eigenvalue weighted by atomic mass is 9.91. The van der Waals surface area contributed by atoms with Crippen LogP contribution in [-0.4, -0.2) is 18.7 Å². The number of hydrogen-bond donors (Lipinski definition) is 0. The molecular weight excluding hydrogens is 406 g/mol. The number of nitrogens with zero attached hydrogens (tertiary/aromatic N) is 4. The molecule has 0 unspecified atom stereocenters. The van der Waals surface area contributed by atoms with Crippen molar-refractivity contribution in [1.82, 2.24) is 18.7 Å². The van der Waals surface area contributed by atoms with Crippen molar-refractivity contribution in [2.45, 2.75) is 20.3 Å². The number of hydrogen-bond acceptors (Lipinski definition) is 1. The van der Waals surface area contributed by atoms with E-state index in [1.54, 1.807) is 0 Å². The van der Waals surface area contributed by atoms with Crippen LogP contribution in [0.5, 0.6) is 0 Å². The first kappa shape index (κ1) is 20.2. The highest BCUT2D eigenvalue weighted by molar-refractivity contribution is 5.95. The van der Waals surface area contributed by atoms with Crippen LogP contribution in [0, 0.1) is 18.8 Å². The van der Waals surface area contributed by atoms with Crippen molar-refractivity contribution in [3.05, 3.63) is 89.5 Å². The maximum atomic E-state index is 13.7. The van der Waals surface area contributed by atoms with Gasteiger partial charge >= 0.3 is 0 Å². The second-order valence-electron chi connectivity index (χ2n) is 8.19. The van der Waals surface area contributed by atoms with Crippen LogP contribution >= 0.6 is 0 Å². The van der Waals surface area contributed by atoms with Crippen molar-refractivity contribution in [1.29, 1.82) is 0 Å². The van der Waals surface area contributed by atoms with Crippen LogP contribution < -0.4 is 0 Å². The molecule has 0 radical (unpaired) electrons. The van der Waals surface area contributed by atoms with Crippen LogP contribution in [0.1, 0.15) is 29.3 Å². The van der Waals surface area contributed by atoms with Crippen molar-refractivity contribution in [3.63, 3.8) is 0 Å². The third kappa shape index (κ3) is 2.83. The minimum absolute atomic E-state index is 0.372. The highest BCUT2D eigenvalue weighted by Crippen LogP contribution is 2.38. The molecule has 0 N–H and O–H groups in total. The molecule has 0 fully saturated rings. The molecule has 0 aliphatic heterocycles. The Morgan fingerprint density at radius 2 is 1.72 bits per heavy atom. The van der Waals surface area contributed by atoms with E-state index in [1.165, 1.54) is 39.9 Å². The topological polar surface area (TPSA) is 27.2 Å². The van der Waals surface area contributed by atoms with Gasteiger partial charge in [0, 0.05) is 38.0 Å². The smallest absolute Gasteiger partial charge is 0.216 e. The molecular formula is C26H24F2N4. The first-order valence-corrected chi connectivity index (χ1v) is 10.6. The summed E-state index contributed by atoms with van der Waals surface area (Å²) < 4.78 is 33.7. The number of pyridine rings is 2. The summed E-state index contributed by atoms with van der Waals surface area (Å²) in [6, 6.07) is 12.8. The third-order valence-electron chi connectivity index (χ3n) is 6.44. The van der Waals surface area contributed by atoms with Crippen LogP contribution in [0.2, 0.25) is 0 Å². The predicted molar refractivity (Wildman–Crippen MR) is 125 cm³/mol. The summed E-state index contributed by atoms with van der Waals surface area (Å²) in [5, 5.41) is 0. The summed E-state index contributed by atoms with van der Waals surface area (Å²) in [5.41, 5.74) is 10.1. The maximum absolute atomic E-state index is 13.7. The number of benzene rings is 1. The average Bonchev–Trinajstić information content (AvgIpc) is 3.21. The highest BCUT2D eigenvalue weighted by Gasteiger charge is 2.21. The van der Waals surface area contributed by atoms with Gasteiger partial charge in [0.05, 0.1) is 22.2 Å². The molecule has 0 amide bonds. The van der Waals surface area contributed by atoms with Gasteiger partial charge in [-0.15, -0.1) is 0 Å². The molecule has 0 saturated heterocycles. The molecule has 5 rings (SSSR count). The fraction of sp³-hybridized carbons (Fsp3) is 0.192. The Kier molecular flexibility index (Phi) is 4.55. The van der Waals surface area contributed by atoms with E-state index in [-0.39, 0.29) is 0 Å². The van der Waals surface area contributed by atoms with Gasteiger partial charge in [0.1, 0.15) is 0 Å². The lowest BCUT2D eigenvalue weighted by Gasteiger charge is -2.26. The van der Waals surface area contributed by atoms with E-state index in [2.05, 4.69) is 61.0 Å². The van der Waals surface area contributed by atoms with Crippen molar-refractivity contribution >= 4 is 22.1 Å². The molecule has 0 aliphatic carbocycles. The Hall–Kier alpha value is -3.67. The normalized spacial score (nSPS) is 11.7. The number of halogens is 2. The van der Waals surface area contributed by atoms with Crippen molar-refractivity contribution in [3.8, 4) is 11.1 Å². The monoisotopic (exact) mass is 430 g/mol. The van der Waals surface area contributed by atoms with E-state index < -0.39 is 11.9 Å². The van der Waals surface area contributed by atoms with E-state index in [4.69, 9.17) is 0 Å². The average molecular weight is 431 g/mol. The van der Waals surface area contributed by atoms with Gasteiger partial charge in [-0.25, -0.2) is 0 Å². The Morgan fingerprint density at radius 3 is 2.41 bits per heavy atom. The van der Waals surface area contributed by atoms with Crippen LogP contribution in [0.4, 0.5) is 8.78 Å². The molecule has 1 aromatic carbocycles. The summed E-state index contributed by atoms with van der Waals surface area (Å²) >= 11 is 0. The highest BCUT2D eigenvalue weighted by atomic mass is 19.1. The first-order chi connectivity index (χ1) is 15.3. The van der Waals surface area contributed by atoms with E-state index in [0.29, 0.717) is 11.1 Å². The van der Waals surface area contributed by atoms with Crippen molar-refractivity contribution in [2.75, 3.05) is 0 Å². The van der Waals surface area contributed by atoms with Gasteiger partial charge in [-0.2, -0.15) is 13.8 Å². The molecule has 32 heavy (non-hydrogen) atoms. The summed E-state index contributed by atoms with van der Waals surface area (Å²) in [6.45, 7) is 8.44. The molecule has 0 spiro atoms. The first-order valence-electron chi connectivity index (χ1n) is 10.6. The Morgan fingerprint density at radius 1 is 1.00 bits per heavy atom. The predicted octanol–water partition coefficient (Wildman–Crippen LogP) is 6.04. The zero-order chi connectivity index (χ0) is 22.7. The number of rotatable bonds is 4. The molecule has 0 bridgehead atoms. The largest absolute Gasteiger partial charge is 0.316 e. The maximum Gasteiger partial charge on any atom is 0.216 e. The van der Waals surface area contributed by atoms with Gasteiger partial charge in [-0.1, -0.05) is 19.6 Å². The molecule has 6 heteroatoms. The Bertz CT molecular complexity index is 1510. The van der Waals surface area contributed by atoms with Crippen LogP contribution in [0.3, 0.4) is 0 Å². The number of aryl methyl sites for hydroxylation is 4. The number of fused-ring (bicyclic) bond motifs is 2. The fourth-order valence-electron chi connectivity index (χ4n) is 4.83. The Labute approximate surface area is 185 Å². The summed E-state index contributed by atoms with van der Waals surface area (Å²) in [7, 11) is 4.14. The SMILES string of the molecule is C=C(c1cc(F)nc(F)c1)c1ccc2c(-c3c(C)cc4c(c3CC)n(C)n4C)cccn12. The van der Waals surface area contributed by atoms with Crippen LogP contribution in [0.25, 0.3) is 33.3 Å². The van der Waals surface area contributed by atoms with Crippen molar-refractivity contribution in [2.24, 2.45) is 14.1 Å². The molecule has 4 nitrogen and oxygen atoms in total. The minimum Gasteiger partial charge on any atom is -0.316 e. The zero-order valence-corrected chi connectivity index (χ0v) is 18.6. The van der Waals surface area contributed by atoms with E-state index >= 15 is 0 Å². The molecule has 4 aromatic heterocycles. The van der Waals surface area contributed by atoms with Crippen LogP contribution in [0.15, 0.2) is 55.2 Å². The molecule has 162 valence electrons. The van der Waals surface area contributed by atoms with E-state index in [0.717, 1.165) is 23.2 Å². The van der Waals surface area contributed by atoms with Gasteiger partial charge in [0.15, 0.2) is 0 Å². The molecule has 0 aliphatic rings. The van der Waals surface area contributed by atoms with Gasteiger partial charge in [0.25, 0.3) is 0 Å². The quantitative estimate of drug-likeness (QED) is 0.319. The Balaban J connectivity index is 1.72. The lowest BCUT2D eigenvalue weighted by molar-refractivity contribution is 0.512. The fourth-order valence-corrected chi connectivity index (χ4v) is 4.83. The standard InChI is InChI=1S/C26H24F2N4/c1-6-18-25(15(2)12-22-26(18)31(5)30(22)4)19-8-7-11-32-20(9-10-21(19)32)16(3)17-13-23(27)29-24(28)14-17/h7-14H,3,6H2,1-2,4-5H3. The minimum atomic E-state index is -0.859. The van der Waals surface area contributed by atoms with Gasteiger partial charge < -0.3 is 4.40 Å². The molecule has 4 heterocycles. The molecule has 0 atom stereocenters. The molecule has 0 saturated carbocycles. The van der Waals surface area contributed by atoms with Crippen LogP contribution in [-0.2, 0) is 20.5 Å². The number of aromatic nitrogens is 4. The van der Waals surface area contributed by atoms with E-state index in [9.17, 15) is 8.78 Å². The zero-order valence-electron chi connectivity index (χ0n) is 18.6. The van der Waals surface area contributed by atoms with Gasteiger partial charge in [-0.3, -0.25) is 9.36 Å². The van der Waals surface area contributed by atoms with Crippen molar-refractivity contribution < 1.29 is 8.78 Å². The second-order valence-corrected chi connectivity index (χ2v) is 8.19. The summed E-state index contributed by atoms with van der Waals surface area (Å²) in [6.07, 6.45) is 2.86. The van der Waals surface area contributed by atoms with E-state index in [1.807, 2.05) is 28.8 Å². The summed E-state index contributed by atoms with van der Waals surface area (Å²) in [4.78, 5) is 3.19. The second kappa shape index (κ2) is 7.19. The molecule has 5 aromatic rings. The van der Waals surface area contributed by atoms with Gasteiger partial charge in [-0.05, 0) is 65.4 Å². The third-order valence-corrected chi connectivity index (χ3v) is 6.44.